The second kappa shape index (κ2) is 4.38. The average Bonchev–Trinajstić information content (AvgIpc) is 2.56. The summed E-state index contributed by atoms with van der Waals surface area (Å²) in [5.74, 6) is 0. The van der Waals surface area contributed by atoms with Gasteiger partial charge in [0, 0.05) is 21.7 Å². The van der Waals surface area contributed by atoms with E-state index in [1.54, 1.807) is 0 Å². The van der Waals surface area contributed by atoms with E-state index in [1.165, 1.54) is 27.5 Å². The smallest absolute Gasteiger partial charge is 0 e. The second-order valence-electron chi connectivity index (χ2n) is 3.74. The second-order valence-corrected chi connectivity index (χ2v) is 3.74. The van der Waals surface area contributed by atoms with Crippen LogP contribution in [0.5, 0.6) is 0 Å². The van der Waals surface area contributed by atoms with E-state index in [-0.39, 0.29) is 21.7 Å². The number of benzene rings is 1. The van der Waals surface area contributed by atoms with Crippen LogP contribution in [0, 0.1) is 13.8 Å². The first-order valence-corrected chi connectivity index (χ1v) is 4.88. The summed E-state index contributed by atoms with van der Waals surface area (Å²) < 4.78 is 0. The Kier molecular flexibility index (Phi) is 3.63. The predicted octanol–water partition coefficient (Wildman–Crippen LogP) is 3.74. The Morgan fingerprint density at radius 3 is 2.36 bits per heavy atom. The molecular weight excluding hydrogens is 204 g/mol. The Hall–Kier alpha value is -0.456. The Morgan fingerprint density at radius 1 is 1.14 bits per heavy atom. The molecule has 0 saturated heterocycles. The summed E-state index contributed by atoms with van der Waals surface area (Å²) in [5.41, 5.74) is 4.23. The van der Waals surface area contributed by atoms with Crippen LogP contribution in [-0.2, 0) is 28.1 Å². The molecule has 0 fully saturated rings. The molecule has 0 aromatic heterocycles. The van der Waals surface area contributed by atoms with E-state index in [1.807, 2.05) is 0 Å². The van der Waals surface area contributed by atoms with Crippen LogP contribution in [0.15, 0.2) is 24.3 Å². The molecule has 2 rings (SSSR count). The van der Waals surface area contributed by atoms with Crippen molar-refractivity contribution >= 4 is 10.8 Å². The van der Waals surface area contributed by atoms with E-state index in [4.69, 9.17) is 0 Å². The first-order valence-electron chi connectivity index (χ1n) is 4.88. The van der Waals surface area contributed by atoms with Gasteiger partial charge < -0.3 is 0 Å². The number of aryl methyl sites for hydroxylation is 3. The van der Waals surface area contributed by atoms with E-state index < -0.39 is 0 Å². The molecule has 0 nitrogen and oxygen atoms in total. The van der Waals surface area contributed by atoms with Gasteiger partial charge in [0.05, 0.1) is 0 Å². The molecule has 0 unspecified atom stereocenters. The molecule has 0 spiro atoms. The van der Waals surface area contributed by atoms with Crippen LogP contribution < -0.4 is 0 Å². The monoisotopic (exact) mass is 219 g/mol. The number of hydrogen-bond acceptors (Lipinski definition) is 0. The van der Waals surface area contributed by atoms with Gasteiger partial charge >= 0.3 is 0 Å². The third kappa shape index (κ3) is 1.82. The van der Waals surface area contributed by atoms with Gasteiger partial charge in [0.2, 0.25) is 0 Å². The molecule has 0 heterocycles. The van der Waals surface area contributed by atoms with Gasteiger partial charge in [0.25, 0.3) is 0 Å². The van der Waals surface area contributed by atoms with Gasteiger partial charge in [-0.1, -0.05) is 25.5 Å². The quantitative estimate of drug-likeness (QED) is 0.506. The number of hydrogen-bond donors (Lipinski definition) is 0. The predicted molar refractivity (Wildman–Crippen MR) is 58.4 cm³/mol. The fraction of sp³-hybridized carbons (Fsp3) is 0.308. The van der Waals surface area contributed by atoms with Crippen molar-refractivity contribution < 1.29 is 21.7 Å². The Labute approximate surface area is 101 Å². The zero-order chi connectivity index (χ0) is 9.42. The van der Waals surface area contributed by atoms with Gasteiger partial charge in [-0.2, -0.15) is 6.07 Å². The number of fused-ring (bicyclic) bond motifs is 1. The minimum absolute atomic E-state index is 0. The minimum Gasteiger partial charge on any atom is -0.165 e. The molecule has 0 aliphatic rings. The molecule has 2 aromatic carbocycles. The first-order chi connectivity index (χ1) is 6.22. The Morgan fingerprint density at radius 2 is 1.79 bits per heavy atom. The zero-order valence-corrected chi connectivity index (χ0v) is 10.6. The van der Waals surface area contributed by atoms with Gasteiger partial charge in [-0.3, -0.25) is 0 Å². The summed E-state index contributed by atoms with van der Waals surface area (Å²) in [4.78, 5) is 0. The van der Waals surface area contributed by atoms with E-state index in [0.717, 1.165) is 6.42 Å². The van der Waals surface area contributed by atoms with E-state index >= 15 is 0 Å². The van der Waals surface area contributed by atoms with Crippen molar-refractivity contribution in [3.63, 3.8) is 0 Å². The van der Waals surface area contributed by atoms with Crippen LogP contribution in [0.3, 0.4) is 0 Å². The fourth-order valence-corrected chi connectivity index (χ4v) is 1.85. The largest absolute Gasteiger partial charge is 0.165 e. The van der Waals surface area contributed by atoms with E-state index in [0.29, 0.717) is 0 Å². The topological polar surface area (TPSA) is 0 Å². The molecule has 14 heavy (non-hydrogen) atoms. The SMILES string of the molecule is CCc1cc2c(C)ccc(C)c2[cH-]1.[Ti]. The fourth-order valence-electron chi connectivity index (χ4n) is 1.85. The molecule has 0 aliphatic carbocycles. The van der Waals surface area contributed by atoms with Gasteiger partial charge in [-0.25, -0.2) is 0 Å². The van der Waals surface area contributed by atoms with Crippen LogP contribution in [-0.4, -0.2) is 0 Å². The van der Waals surface area contributed by atoms with Crippen molar-refractivity contribution in [2.24, 2.45) is 0 Å². The molecule has 0 N–H and O–H groups in total. The maximum absolute atomic E-state index is 2.32. The normalized spacial score (nSPS) is 10.2. The van der Waals surface area contributed by atoms with Crippen molar-refractivity contribution in [1.82, 2.24) is 0 Å². The summed E-state index contributed by atoms with van der Waals surface area (Å²) in [7, 11) is 0. The van der Waals surface area contributed by atoms with Crippen LogP contribution >= 0.6 is 0 Å². The van der Waals surface area contributed by atoms with Crippen molar-refractivity contribution in [3.8, 4) is 0 Å². The molecule has 0 amide bonds. The molecular formula is C13H15Ti-. The van der Waals surface area contributed by atoms with Gasteiger partial charge in [0.1, 0.15) is 0 Å². The molecule has 0 bridgehead atoms. The van der Waals surface area contributed by atoms with Crippen LogP contribution in [0.4, 0.5) is 0 Å². The third-order valence-electron chi connectivity index (χ3n) is 2.79. The van der Waals surface area contributed by atoms with Crippen LogP contribution in [0.1, 0.15) is 23.6 Å². The van der Waals surface area contributed by atoms with Crippen molar-refractivity contribution in [3.05, 3.63) is 41.0 Å². The van der Waals surface area contributed by atoms with Gasteiger partial charge in [-0.15, -0.1) is 34.0 Å². The van der Waals surface area contributed by atoms with E-state index in [2.05, 4.69) is 45.0 Å². The van der Waals surface area contributed by atoms with Crippen molar-refractivity contribution in [2.45, 2.75) is 27.2 Å². The van der Waals surface area contributed by atoms with Crippen LogP contribution in [0.25, 0.3) is 10.8 Å². The molecule has 72 valence electrons. The summed E-state index contributed by atoms with van der Waals surface area (Å²) in [6, 6.07) is 9.05. The molecule has 0 saturated carbocycles. The summed E-state index contributed by atoms with van der Waals surface area (Å²) >= 11 is 0. The maximum Gasteiger partial charge on any atom is 0 e. The van der Waals surface area contributed by atoms with Gasteiger partial charge in [0.15, 0.2) is 0 Å². The van der Waals surface area contributed by atoms with E-state index in [9.17, 15) is 0 Å². The summed E-state index contributed by atoms with van der Waals surface area (Å²) in [5, 5.41) is 2.86. The average molecular weight is 219 g/mol. The molecule has 0 aliphatic heterocycles. The molecule has 0 radical (unpaired) electrons. The summed E-state index contributed by atoms with van der Waals surface area (Å²) in [6.07, 6.45) is 1.13. The first kappa shape index (κ1) is 11.6. The molecule has 2 aromatic rings. The third-order valence-corrected chi connectivity index (χ3v) is 2.79. The van der Waals surface area contributed by atoms with Gasteiger partial charge in [-0.05, 0) is 13.3 Å². The minimum atomic E-state index is 0. The maximum atomic E-state index is 2.32. The Bertz CT molecular complexity index is 399. The standard InChI is InChI=1S/C13H15.Ti/c1-4-11-7-12-9(2)5-6-10(3)13(12)8-11;/h5-8H,4H2,1-3H3;/q-1;. The van der Waals surface area contributed by atoms with Crippen LogP contribution in [0.2, 0.25) is 0 Å². The summed E-state index contributed by atoms with van der Waals surface area (Å²) in [6.45, 7) is 6.57. The van der Waals surface area contributed by atoms with Crippen molar-refractivity contribution in [1.29, 1.82) is 0 Å². The van der Waals surface area contributed by atoms with Crippen molar-refractivity contribution in [2.75, 3.05) is 0 Å². The molecule has 1 heteroatoms. The zero-order valence-electron chi connectivity index (χ0n) is 9.02. The number of rotatable bonds is 1. The molecule has 0 atom stereocenters. The Balaban J connectivity index is 0.000000980.